The summed E-state index contributed by atoms with van der Waals surface area (Å²) >= 11 is 1.87. The van der Waals surface area contributed by atoms with Gasteiger partial charge in [-0.25, -0.2) is 4.98 Å². The Morgan fingerprint density at radius 1 is 1.20 bits per heavy atom. The molecule has 4 aliphatic carbocycles. The first-order valence-electron chi connectivity index (χ1n) is 7.90. The molecule has 4 aliphatic rings. The van der Waals surface area contributed by atoms with Crippen LogP contribution in [0.3, 0.4) is 0 Å². The second kappa shape index (κ2) is 4.79. The van der Waals surface area contributed by atoms with E-state index >= 15 is 0 Å². The maximum atomic E-state index is 5.90. The third-order valence-electron chi connectivity index (χ3n) is 5.74. The fourth-order valence-corrected chi connectivity index (χ4v) is 6.55. The second-order valence-electron chi connectivity index (χ2n) is 7.22. The Morgan fingerprint density at radius 3 is 2.30 bits per heavy atom. The minimum absolute atomic E-state index is 0.398. The van der Waals surface area contributed by atoms with Crippen molar-refractivity contribution < 1.29 is 4.74 Å². The Hall–Kier alpha value is -0.450. The molecule has 3 nitrogen and oxygen atoms in total. The van der Waals surface area contributed by atoms with Crippen LogP contribution >= 0.6 is 11.3 Å². The van der Waals surface area contributed by atoms with Gasteiger partial charge in [-0.2, -0.15) is 0 Å². The predicted octanol–water partition coefficient (Wildman–Crippen LogP) is 3.22. The summed E-state index contributed by atoms with van der Waals surface area (Å²) in [6.07, 6.45) is 8.59. The molecule has 0 aliphatic heterocycles. The molecule has 0 aromatic carbocycles. The number of methoxy groups -OCH3 is 1. The van der Waals surface area contributed by atoms with Gasteiger partial charge in [0, 0.05) is 23.9 Å². The molecule has 0 amide bonds. The van der Waals surface area contributed by atoms with Crippen molar-refractivity contribution in [1.29, 1.82) is 0 Å². The summed E-state index contributed by atoms with van der Waals surface area (Å²) in [7, 11) is 1.74. The summed E-state index contributed by atoms with van der Waals surface area (Å²) in [5.41, 5.74) is 7.39. The van der Waals surface area contributed by atoms with Crippen molar-refractivity contribution in [2.24, 2.45) is 23.5 Å². The molecule has 0 atom stereocenters. The average Bonchev–Trinajstić information content (AvgIpc) is 2.81. The van der Waals surface area contributed by atoms with Gasteiger partial charge in [-0.3, -0.25) is 0 Å². The molecule has 5 rings (SSSR count). The van der Waals surface area contributed by atoms with Gasteiger partial charge in [0.05, 0.1) is 17.3 Å². The SMILES string of the molecule is COCc1nc(C23CC4CC(CC(C4)C2)C3)sc1CN. The van der Waals surface area contributed by atoms with Crippen molar-refractivity contribution in [2.75, 3.05) is 7.11 Å². The normalized spacial score (nSPS) is 38.6. The van der Waals surface area contributed by atoms with Crippen LogP contribution in [0.1, 0.15) is 54.1 Å². The molecule has 4 bridgehead atoms. The monoisotopic (exact) mass is 292 g/mol. The third-order valence-corrected chi connectivity index (χ3v) is 7.10. The molecule has 0 saturated heterocycles. The van der Waals surface area contributed by atoms with Gasteiger partial charge in [0.2, 0.25) is 0 Å². The van der Waals surface area contributed by atoms with E-state index < -0.39 is 0 Å². The molecule has 110 valence electrons. The van der Waals surface area contributed by atoms with E-state index in [1.807, 2.05) is 11.3 Å². The van der Waals surface area contributed by atoms with E-state index in [2.05, 4.69) is 0 Å². The lowest BCUT2D eigenvalue weighted by atomic mass is 9.50. The highest BCUT2D eigenvalue weighted by atomic mass is 32.1. The van der Waals surface area contributed by atoms with Gasteiger partial charge >= 0.3 is 0 Å². The minimum Gasteiger partial charge on any atom is -0.378 e. The maximum absolute atomic E-state index is 5.90. The van der Waals surface area contributed by atoms with Crippen LogP contribution in [0.4, 0.5) is 0 Å². The minimum atomic E-state index is 0.398. The van der Waals surface area contributed by atoms with Crippen LogP contribution < -0.4 is 5.73 Å². The first kappa shape index (κ1) is 13.2. The first-order valence-corrected chi connectivity index (χ1v) is 8.72. The van der Waals surface area contributed by atoms with Crippen LogP contribution in [0.5, 0.6) is 0 Å². The van der Waals surface area contributed by atoms with Gasteiger partial charge in [-0.05, 0) is 56.3 Å². The number of thiazole rings is 1. The van der Waals surface area contributed by atoms with Crippen LogP contribution in [-0.2, 0) is 23.3 Å². The quantitative estimate of drug-likeness (QED) is 0.927. The van der Waals surface area contributed by atoms with Gasteiger partial charge in [0.1, 0.15) is 0 Å². The van der Waals surface area contributed by atoms with Crippen molar-refractivity contribution in [3.8, 4) is 0 Å². The topological polar surface area (TPSA) is 48.1 Å². The summed E-state index contributed by atoms with van der Waals surface area (Å²) in [5, 5.41) is 1.38. The number of nitrogens with zero attached hydrogens (tertiary/aromatic N) is 1. The largest absolute Gasteiger partial charge is 0.378 e. The van der Waals surface area contributed by atoms with E-state index in [0.29, 0.717) is 18.6 Å². The summed E-state index contributed by atoms with van der Waals surface area (Å²) in [6, 6.07) is 0. The van der Waals surface area contributed by atoms with E-state index in [0.717, 1.165) is 23.4 Å². The highest BCUT2D eigenvalue weighted by molar-refractivity contribution is 7.11. The van der Waals surface area contributed by atoms with Crippen LogP contribution in [0, 0.1) is 17.8 Å². The van der Waals surface area contributed by atoms with Crippen molar-refractivity contribution in [3.05, 3.63) is 15.6 Å². The number of hydrogen-bond acceptors (Lipinski definition) is 4. The zero-order chi connectivity index (χ0) is 13.7. The molecule has 1 heterocycles. The van der Waals surface area contributed by atoms with Crippen LogP contribution in [0.25, 0.3) is 0 Å². The van der Waals surface area contributed by atoms with Crippen LogP contribution in [0.15, 0.2) is 0 Å². The Kier molecular flexibility index (Phi) is 3.17. The van der Waals surface area contributed by atoms with E-state index in [9.17, 15) is 0 Å². The molecule has 0 unspecified atom stereocenters. The molecule has 0 spiro atoms. The van der Waals surface area contributed by atoms with E-state index in [-0.39, 0.29) is 0 Å². The zero-order valence-corrected chi connectivity index (χ0v) is 13.0. The first-order chi connectivity index (χ1) is 9.72. The molecule has 0 radical (unpaired) electrons. The molecule has 4 fully saturated rings. The smallest absolute Gasteiger partial charge is 0.0994 e. The van der Waals surface area contributed by atoms with E-state index in [4.69, 9.17) is 15.5 Å². The van der Waals surface area contributed by atoms with E-state index in [1.165, 1.54) is 48.4 Å². The summed E-state index contributed by atoms with van der Waals surface area (Å²) in [6.45, 7) is 1.21. The van der Waals surface area contributed by atoms with Crippen LogP contribution in [-0.4, -0.2) is 12.1 Å². The molecular weight excluding hydrogens is 268 g/mol. The number of ether oxygens (including phenoxy) is 1. The Balaban J connectivity index is 1.69. The highest BCUT2D eigenvalue weighted by Crippen LogP contribution is 2.61. The molecule has 1 aromatic heterocycles. The van der Waals surface area contributed by atoms with Gasteiger partial charge in [-0.1, -0.05) is 0 Å². The maximum Gasteiger partial charge on any atom is 0.0994 e. The third kappa shape index (κ3) is 1.96. The van der Waals surface area contributed by atoms with Gasteiger partial charge < -0.3 is 10.5 Å². The molecule has 2 N–H and O–H groups in total. The Morgan fingerprint density at radius 2 is 1.80 bits per heavy atom. The molecular formula is C16H24N2OS. The van der Waals surface area contributed by atoms with Crippen molar-refractivity contribution in [1.82, 2.24) is 4.98 Å². The van der Waals surface area contributed by atoms with Gasteiger partial charge in [0.15, 0.2) is 0 Å². The fourth-order valence-electron chi connectivity index (χ4n) is 5.39. The Labute approximate surface area is 124 Å². The standard InChI is InChI=1S/C16H24N2OS/c1-19-9-13-14(8-17)20-15(18-13)16-5-10-2-11(6-16)4-12(3-10)7-16/h10-12H,2-9,17H2,1H3. The van der Waals surface area contributed by atoms with Gasteiger partial charge in [0.25, 0.3) is 0 Å². The summed E-state index contributed by atoms with van der Waals surface area (Å²) in [5.74, 6) is 2.91. The lowest BCUT2D eigenvalue weighted by Crippen LogP contribution is -2.48. The molecule has 1 aromatic rings. The van der Waals surface area contributed by atoms with Crippen molar-refractivity contribution in [2.45, 2.75) is 57.1 Å². The summed E-state index contributed by atoms with van der Waals surface area (Å²) in [4.78, 5) is 6.21. The number of rotatable bonds is 4. The van der Waals surface area contributed by atoms with Crippen molar-refractivity contribution >= 4 is 11.3 Å². The number of hydrogen-bond donors (Lipinski definition) is 1. The average molecular weight is 292 g/mol. The molecule has 4 heteroatoms. The molecule has 20 heavy (non-hydrogen) atoms. The number of aromatic nitrogens is 1. The second-order valence-corrected chi connectivity index (χ2v) is 8.31. The lowest BCUT2D eigenvalue weighted by Gasteiger charge is -2.56. The number of nitrogens with two attached hydrogens (primary N) is 1. The van der Waals surface area contributed by atoms with Gasteiger partial charge in [-0.15, -0.1) is 11.3 Å². The van der Waals surface area contributed by atoms with E-state index in [1.54, 1.807) is 7.11 Å². The predicted molar refractivity (Wildman–Crippen MR) is 80.6 cm³/mol. The molecule has 4 saturated carbocycles. The Bertz CT molecular complexity index is 475. The lowest BCUT2D eigenvalue weighted by molar-refractivity contribution is -0.00542. The highest BCUT2D eigenvalue weighted by Gasteiger charge is 2.53. The van der Waals surface area contributed by atoms with Crippen LogP contribution in [0.2, 0.25) is 0 Å². The van der Waals surface area contributed by atoms with Crippen molar-refractivity contribution in [3.63, 3.8) is 0 Å². The zero-order valence-electron chi connectivity index (χ0n) is 12.2. The fraction of sp³-hybridized carbons (Fsp3) is 0.812. The summed E-state index contributed by atoms with van der Waals surface area (Å²) < 4.78 is 5.29.